The van der Waals surface area contributed by atoms with E-state index in [1.807, 2.05) is 19.9 Å². The molecule has 0 atom stereocenters. The van der Waals surface area contributed by atoms with Crippen molar-refractivity contribution < 1.29 is 17.9 Å². The van der Waals surface area contributed by atoms with Crippen molar-refractivity contribution in [2.45, 2.75) is 25.2 Å². The summed E-state index contributed by atoms with van der Waals surface area (Å²) < 4.78 is 33.1. The van der Waals surface area contributed by atoms with E-state index in [1.165, 1.54) is 25.3 Å². The number of aryl methyl sites for hydroxylation is 2. The first kappa shape index (κ1) is 23.8. The molecule has 0 heterocycles. The topological polar surface area (TPSA) is 87.5 Å². The third kappa shape index (κ3) is 5.13. The van der Waals surface area contributed by atoms with E-state index in [1.54, 1.807) is 60.7 Å². The van der Waals surface area contributed by atoms with Gasteiger partial charge in [-0.1, -0.05) is 55.0 Å². The molecule has 0 aliphatic carbocycles. The van der Waals surface area contributed by atoms with Gasteiger partial charge in [0.05, 0.1) is 17.7 Å². The summed E-state index contributed by atoms with van der Waals surface area (Å²) in [5, 5.41) is 9.77. The van der Waals surface area contributed by atoms with Crippen LogP contribution in [-0.2, 0) is 21.2 Å². The molecular weight excluding hydrogens is 436 g/mol. The van der Waals surface area contributed by atoms with Crippen LogP contribution in [0.25, 0.3) is 6.08 Å². The zero-order valence-electron chi connectivity index (χ0n) is 18.6. The van der Waals surface area contributed by atoms with Gasteiger partial charge in [-0.15, -0.1) is 0 Å². The van der Waals surface area contributed by atoms with Crippen molar-refractivity contribution in [1.82, 2.24) is 0 Å². The van der Waals surface area contributed by atoms with Crippen LogP contribution in [-0.4, -0.2) is 21.4 Å². The van der Waals surface area contributed by atoms with E-state index in [0.29, 0.717) is 15.6 Å². The molecule has 0 aliphatic heterocycles. The molecule has 0 saturated heterocycles. The molecule has 0 fully saturated rings. The van der Waals surface area contributed by atoms with Gasteiger partial charge >= 0.3 is 0 Å². The highest BCUT2D eigenvalue weighted by atomic mass is 32.2. The molecule has 0 radical (unpaired) electrons. The highest BCUT2D eigenvalue weighted by Crippen LogP contribution is 2.28. The average molecular weight is 461 g/mol. The number of hydrogen-bond acceptors (Lipinski definition) is 5. The second-order valence-corrected chi connectivity index (χ2v) is 9.11. The minimum Gasteiger partial charge on any atom is -0.496 e. The standard InChI is InChI=1S/C26H24N2O4S/c1-4-20-11-13-23(14-12-20)28(33(30,31)24-15-9-19(2)10-16-24)26(29)22(18-27)17-21-7-5-6-8-25(21)32-3/h5-17H,4H2,1-3H3/b22-17+. The summed E-state index contributed by atoms with van der Waals surface area (Å²) >= 11 is 0. The number of carbonyl (C=O) groups is 1. The van der Waals surface area contributed by atoms with Gasteiger partial charge in [-0.2, -0.15) is 9.57 Å². The van der Waals surface area contributed by atoms with Gasteiger partial charge in [0, 0.05) is 5.56 Å². The number of para-hydroxylation sites is 1. The highest BCUT2D eigenvalue weighted by molar-refractivity contribution is 7.93. The van der Waals surface area contributed by atoms with E-state index in [-0.39, 0.29) is 16.2 Å². The Hall–Kier alpha value is -3.89. The predicted molar refractivity (Wildman–Crippen MR) is 128 cm³/mol. The second-order valence-electron chi connectivity index (χ2n) is 7.32. The molecule has 0 aromatic heterocycles. The number of ether oxygens (including phenoxy) is 1. The van der Waals surface area contributed by atoms with E-state index < -0.39 is 15.9 Å². The third-order valence-electron chi connectivity index (χ3n) is 5.11. The molecule has 0 bridgehead atoms. The maximum Gasteiger partial charge on any atom is 0.282 e. The van der Waals surface area contributed by atoms with E-state index >= 15 is 0 Å². The number of carbonyl (C=O) groups excluding carboxylic acids is 1. The van der Waals surface area contributed by atoms with Gasteiger partial charge in [0.25, 0.3) is 15.9 Å². The maximum absolute atomic E-state index is 13.6. The summed E-state index contributed by atoms with van der Waals surface area (Å²) in [4.78, 5) is 13.5. The second kappa shape index (κ2) is 10.2. The smallest absolute Gasteiger partial charge is 0.282 e. The molecule has 0 spiro atoms. The van der Waals surface area contributed by atoms with E-state index in [4.69, 9.17) is 4.74 Å². The zero-order valence-corrected chi connectivity index (χ0v) is 19.5. The summed E-state index contributed by atoms with van der Waals surface area (Å²) in [7, 11) is -2.82. The summed E-state index contributed by atoms with van der Waals surface area (Å²) in [6.07, 6.45) is 2.09. The van der Waals surface area contributed by atoms with Crippen molar-refractivity contribution >= 4 is 27.7 Å². The van der Waals surface area contributed by atoms with Crippen molar-refractivity contribution in [3.8, 4) is 11.8 Å². The lowest BCUT2D eigenvalue weighted by Gasteiger charge is -2.23. The van der Waals surface area contributed by atoms with Gasteiger partial charge in [-0.05, 0) is 55.3 Å². The number of nitrogens with zero attached hydrogens (tertiary/aromatic N) is 2. The fraction of sp³-hybridized carbons (Fsp3) is 0.154. The molecule has 33 heavy (non-hydrogen) atoms. The van der Waals surface area contributed by atoms with Crippen LogP contribution in [0.5, 0.6) is 5.75 Å². The Balaban J connectivity index is 2.17. The van der Waals surface area contributed by atoms with Crippen LogP contribution < -0.4 is 9.04 Å². The Morgan fingerprint density at radius 3 is 2.24 bits per heavy atom. The van der Waals surface area contributed by atoms with Crippen molar-refractivity contribution in [1.29, 1.82) is 5.26 Å². The van der Waals surface area contributed by atoms with Gasteiger partial charge in [-0.25, -0.2) is 8.42 Å². The number of nitriles is 1. The van der Waals surface area contributed by atoms with Crippen molar-refractivity contribution in [2.24, 2.45) is 0 Å². The first-order valence-corrected chi connectivity index (χ1v) is 11.8. The number of amides is 1. The molecule has 3 aromatic carbocycles. The number of rotatable bonds is 7. The first-order valence-electron chi connectivity index (χ1n) is 10.3. The summed E-state index contributed by atoms with van der Waals surface area (Å²) in [5.41, 5.74) is 2.17. The van der Waals surface area contributed by atoms with E-state index in [2.05, 4.69) is 0 Å². The number of anilines is 1. The monoisotopic (exact) mass is 460 g/mol. The zero-order chi connectivity index (χ0) is 24.0. The summed E-state index contributed by atoms with van der Waals surface area (Å²) in [5.74, 6) is -0.494. The predicted octanol–water partition coefficient (Wildman–Crippen LogP) is 4.90. The molecule has 0 unspecified atom stereocenters. The molecule has 168 valence electrons. The minimum absolute atomic E-state index is 0.0457. The quantitative estimate of drug-likeness (QED) is 0.370. The van der Waals surface area contributed by atoms with Crippen molar-refractivity contribution in [3.63, 3.8) is 0 Å². The number of methoxy groups -OCH3 is 1. The molecular formula is C26H24N2O4S. The number of sulfonamides is 1. The normalized spacial score (nSPS) is 11.5. The summed E-state index contributed by atoms with van der Waals surface area (Å²) in [6, 6.07) is 21.6. The van der Waals surface area contributed by atoms with E-state index in [0.717, 1.165) is 17.5 Å². The van der Waals surface area contributed by atoms with Crippen LogP contribution in [0.1, 0.15) is 23.6 Å². The maximum atomic E-state index is 13.6. The lowest BCUT2D eigenvalue weighted by atomic mass is 10.1. The fourth-order valence-corrected chi connectivity index (χ4v) is 4.65. The molecule has 0 saturated carbocycles. The van der Waals surface area contributed by atoms with Crippen molar-refractivity contribution in [2.75, 3.05) is 11.4 Å². The van der Waals surface area contributed by atoms with Crippen LogP contribution in [0.4, 0.5) is 5.69 Å². The third-order valence-corrected chi connectivity index (χ3v) is 6.84. The van der Waals surface area contributed by atoms with Crippen LogP contribution in [0.3, 0.4) is 0 Å². The van der Waals surface area contributed by atoms with Crippen molar-refractivity contribution in [3.05, 3.63) is 95.1 Å². The van der Waals surface area contributed by atoms with Gasteiger partial charge in [0.15, 0.2) is 0 Å². The largest absolute Gasteiger partial charge is 0.496 e. The molecule has 3 aromatic rings. The Morgan fingerprint density at radius 2 is 1.67 bits per heavy atom. The minimum atomic E-state index is -4.29. The summed E-state index contributed by atoms with van der Waals surface area (Å²) in [6.45, 7) is 3.82. The SMILES string of the molecule is CCc1ccc(N(C(=O)/C(C#N)=C/c2ccccc2OC)S(=O)(=O)c2ccc(C)cc2)cc1. The Kier molecular flexibility index (Phi) is 7.31. The molecule has 6 nitrogen and oxygen atoms in total. The van der Waals surface area contributed by atoms with Crippen LogP contribution in [0, 0.1) is 18.3 Å². The molecule has 7 heteroatoms. The molecule has 1 amide bonds. The number of benzene rings is 3. The lowest BCUT2D eigenvalue weighted by Crippen LogP contribution is -2.37. The van der Waals surface area contributed by atoms with Crippen LogP contribution in [0.15, 0.2) is 83.3 Å². The lowest BCUT2D eigenvalue weighted by molar-refractivity contribution is -0.113. The molecule has 0 N–H and O–H groups in total. The number of hydrogen-bond donors (Lipinski definition) is 0. The average Bonchev–Trinajstić information content (AvgIpc) is 2.83. The highest BCUT2D eigenvalue weighted by Gasteiger charge is 2.33. The molecule has 0 aliphatic rings. The van der Waals surface area contributed by atoms with Gasteiger partial charge in [0.2, 0.25) is 0 Å². The fourth-order valence-electron chi connectivity index (χ4n) is 3.24. The first-order chi connectivity index (χ1) is 15.8. The molecule has 3 rings (SSSR count). The van der Waals surface area contributed by atoms with Gasteiger partial charge < -0.3 is 4.74 Å². The van der Waals surface area contributed by atoms with Crippen LogP contribution in [0.2, 0.25) is 0 Å². The van der Waals surface area contributed by atoms with Gasteiger partial charge in [-0.3, -0.25) is 4.79 Å². The Bertz CT molecular complexity index is 1320. The van der Waals surface area contributed by atoms with Gasteiger partial charge in [0.1, 0.15) is 17.4 Å². The Labute approximate surface area is 194 Å². The van der Waals surface area contributed by atoms with Crippen LogP contribution >= 0.6 is 0 Å². The van der Waals surface area contributed by atoms with E-state index in [9.17, 15) is 18.5 Å². The Morgan fingerprint density at radius 1 is 1.03 bits per heavy atom.